The number of hydrogen-bond donors (Lipinski definition) is 1. The average molecular weight is 539 g/mol. The number of halogens is 3. The molecule has 0 spiro atoms. The summed E-state index contributed by atoms with van der Waals surface area (Å²) < 4.78 is 65.4. The van der Waals surface area contributed by atoms with Crippen LogP contribution in [0.3, 0.4) is 0 Å². The van der Waals surface area contributed by atoms with Crippen LogP contribution in [0.2, 0.25) is 0 Å². The van der Waals surface area contributed by atoms with Gasteiger partial charge in [0.1, 0.15) is 0 Å². The molecule has 0 radical (unpaired) electrons. The van der Waals surface area contributed by atoms with Crippen LogP contribution in [0.15, 0.2) is 59.5 Å². The Hall–Kier alpha value is -2.59. The summed E-state index contributed by atoms with van der Waals surface area (Å²) in [7, 11) is -3.27. The Morgan fingerprint density at radius 1 is 0.919 bits per heavy atom. The predicted molar refractivity (Wildman–Crippen MR) is 135 cm³/mol. The molecule has 10 heteroatoms. The molecular formula is C27H33F3N2O4S. The van der Waals surface area contributed by atoms with E-state index in [2.05, 4.69) is 4.90 Å². The Bertz CT molecular complexity index is 1190. The molecule has 0 aromatic heterocycles. The summed E-state index contributed by atoms with van der Waals surface area (Å²) >= 11 is 0. The molecule has 2 saturated heterocycles. The van der Waals surface area contributed by atoms with Gasteiger partial charge in [-0.05, 0) is 62.1 Å². The van der Waals surface area contributed by atoms with Crippen LogP contribution in [-0.2, 0) is 20.2 Å². The minimum atomic E-state index is -5.13. The number of benzene rings is 2. The number of nitrogens with zero attached hydrogens (tertiary/aromatic N) is 2. The van der Waals surface area contributed by atoms with Gasteiger partial charge < -0.3 is 14.9 Å². The molecule has 1 unspecified atom stereocenters. The normalized spacial score (nSPS) is 20.0. The van der Waals surface area contributed by atoms with Crippen molar-refractivity contribution in [3.8, 4) is 0 Å². The van der Waals surface area contributed by atoms with E-state index in [1.54, 1.807) is 18.2 Å². The van der Waals surface area contributed by atoms with Gasteiger partial charge in [-0.15, -0.1) is 0 Å². The van der Waals surface area contributed by atoms with E-state index in [0.29, 0.717) is 29.6 Å². The monoisotopic (exact) mass is 538 g/mol. The molecule has 1 N–H and O–H groups in total. The van der Waals surface area contributed by atoms with Gasteiger partial charge in [0.25, 0.3) is 11.5 Å². The highest BCUT2D eigenvalue weighted by Crippen LogP contribution is 2.41. The molecule has 0 bridgehead atoms. The molecule has 0 aliphatic carbocycles. The van der Waals surface area contributed by atoms with Crippen LogP contribution in [0.5, 0.6) is 0 Å². The van der Waals surface area contributed by atoms with E-state index in [1.807, 2.05) is 6.07 Å². The summed E-state index contributed by atoms with van der Waals surface area (Å²) in [6.45, 7) is 1.99. The highest BCUT2D eigenvalue weighted by atomic mass is 32.2. The zero-order valence-corrected chi connectivity index (χ0v) is 21.6. The Kier molecular flexibility index (Phi) is 7.90. The van der Waals surface area contributed by atoms with Crippen LogP contribution < -0.4 is 4.90 Å². The lowest BCUT2D eigenvalue weighted by Gasteiger charge is -2.40. The molecule has 2 heterocycles. The Labute approximate surface area is 216 Å². The van der Waals surface area contributed by atoms with Gasteiger partial charge in [-0.1, -0.05) is 36.4 Å². The quantitative estimate of drug-likeness (QED) is 0.591. The first-order valence-electron chi connectivity index (χ1n) is 12.6. The van der Waals surface area contributed by atoms with Gasteiger partial charge in [0.15, 0.2) is 9.84 Å². The number of amides is 1. The molecule has 0 saturated carbocycles. The Balaban J connectivity index is 1.31. The molecule has 2 fully saturated rings. The number of rotatable bonds is 6. The molecule has 2 aliphatic rings. The third kappa shape index (κ3) is 5.95. The van der Waals surface area contributed by atoms with Crippen LogP contribution in [0, 0.1) is 11.8 Å². The first kappa shape index (κ1) is 27.4. The van der Waals surface area contributed by atoms with Gasteiger partial charge in [-0.25, -0.2) is 8.42 Å². The molecule has 4 rings (SSSR count). The number of aliphatic hydroxyl groups is 1. The number of sulfone groups is 1. The molecule has 2 aliphatic heterocycles. The minimum Gasteiger partial charge on any atom is -0.371 e. The van der Waals surface area contributed by atoms with Crippen LogP contribution in [0.25, 0.3) is 0 Å². The molecule has 202 valence electrons. The van der Waals surface area contributed by atoms with Crippen LogP contribution >= 0.6 is 0 Å². The lowest BCUT2D eigenvalue weighted by atomic mass is 9.82. The summed E-state index contributed by atoms with van der Waals surface area (Å²) in [6.07, 6.45) is 0.116. The fraction of sp³-hybridized carbons (Fsp3) is 0.519. The second-order valence-corrected chi connectivity index (χ2v) is 12.3. The molecular weight excluding hydrogens is 505 g/mol. The van der Waals surface area contributed by atoms with Crippen molar-refractivity contribution in [1.82, 2.24) is 4.90 Å². The number of alkyl halides is 3. The maximum atomic E-state index is 13.9. The summed E-state index contributed by atoms with van der Waals surface area (Å²) in [6, 6.07) is 13.5. The van der Waals surface area contributed by atoms with Crippen LogP contribution in [0.1, 0.15) is 37.7 Å². The van der Waals surface area contributed by atoms with Crippen molar-refractivity contribution in [1.29, 1.82) is 0 Å². The third-order valence-electron chi connectivity index (χ3n) is 7.71. The maximum absolute atomic E-state index is 13.9. The highest BCUT2D eigenvalue weighted by Gasteiger charge is 2.62. The van der Waals surface area contributed by atoms with E-state index in [1.165, 1.54) is 24.5 Å². The molecule has 1 atom stereocenters. The number of carbonyl (C=O) groups excluding carboxylic acids is 1. The Morgan fingerprint density at radius 2 is 1.49 bits per heavy atom. The highest BCUT2D eigenvalue weighted by molar-refractivity contribution is 7.90. The van der Waals surface area contributed by atoms with E-state index in [-0.39, 0.29) is 13.1 Å². The van der Waals surface area contributed by atoms with Crippen LogP contribution in [0.4, 0.5) is 18.9 Å². The van der Waals surface area contributed by atoms with Crippen molar-refractivity contribution in [3.63, 3.8) is 0 Å². The molecule has 1 amide bonds. The number of anilines is 1. The van der Waals surface area contributed by atoms with E-state index < -0.39 is 33.1 Å². The summed E-state index contributed by atoms with van der Waals surface area (Å²) in [5, 5.41) is 10.6. The average Bonchev–Trinajstić information content (AvgIpc) is 2.88. The van der Waals surface area contributed by atoms with Crippen molar-refractivity contribution in [2.45, 2.75) is 48.8 Å². The van der Waals surface area contributed by atoms with Gasteiger partial charge in [0.05, 0.1) is 4.90 Å². The summed E-state index contributed by atoms with van der Waals surface area (Å²) in [5.74, 6) is -0.530. The largest absolute Gasteiger partial charge is 0.430 e. The van der Waals surface area contributed by atoms with E-state index in [4.69, 9.17) is 0 Å². The smallest absolute Gasteiger partial charge is 0.371 e. The third-order valence-corrected chi connectivity index (χ3v) is 8.82. The molecule has 2 aromatic carbocycles. The van der Waals surface area contributed by atoms with Crippen molar-refractivity contribution < 1.29 is 31.5 Å². The zero-order valence-electron chi connectivity index (χ0n) is 20.8. The second-order valence-electron chi connectivity index (χ2n) is 10.2. The SMILES string of the molecule is CS(=O)(=O)c1cccc(N2CCC(CC3CCN(C(=O)C(O)(c4ccccc4)C(F)(F)F)CC3)CC2)c1. The topological polar surface area (TPSA) is 77.9 Å². The number of likely N-dealkylation sites (tertiary alicyclic amines) is 1. The standard InChI is InChI=1S/C27H33F3N2O4S/c1-37(35,36)24-9-5-8-23(19-24)31-14-10-20(11-15-31)18-21-12-16-32(17-13-21)25(33)26(34,27(28,29)30)22-6-3-2-4-7-22/h2-9,19-21,34H,10-18H2,1H3. The minimum absolute atomic E-state index is 0.186. The molecule has 37 heavy (non-hydrogen) atoms. The Morgan fingerprint density at radius 3 is 2.03 bits per heavy atom. The zero-order chi connectivity index (χ0) is 26.8. The first-order chi connectivity index (χ1) is 17.4. The van der Waals surface area contributed by atoms with Crippen molar-refractivity contribution in [2.75, 3.05) is 37.3 Å². The second kappa shape index (κ2) is 10.6. The lowest BCUT2D eigenvalue weighted by molar-refractivity contribution is -0.262. The number of carbonyl (C=O) groups is 1. The number of hydrogen-bond acceptors (Lipinski definition) is 5. The fourth-order valence-corrected chi connectivity index (χ4v) is 6.16. The maximum Gasteiger partial charge on any atom is 0.430 e. The fourth-order valence-electron chi connectivity index (χ4n) is 5.50. The molecule has 2 aromatic rings. The van der Waals surface area contributed by atoms with Gasteiger partial charge in [0.2, 0.25) is 0 Å². The van der Waals surface area contributed by atoms with Crippen LogP contribution in [-0.4, -0.2) is 62.9 Å². The van der Waals surface area contributed by atoms with E-state index in [0.717, 1.165) is 55.1 Å². The molecule has 6 nitrogen and oxygen atoms in total. The number of piperidine rings is 2. The van der Waals surface area contributed by atoms with E-state index >= 15 is 0 Å². The van der Waals surface area contributed by atoms with E-state index in [9.17, 15) is 31.5 Å². The predicted octanol–water partition coefficient (Wildman–Crippen LogP) is 4.39. The van der Waals surface area contributed by atoms with Gasteiger partial charge >= 0.3 is 6.18 Å². The first-order valence-corrected chi connectivity index (χ1v) is 14.5. The van der Waals surface area contributed by atoms with Gasteiger partial charge in [-0.3, -0.25) is 4.79 Å². The van der Waals surface area contributed by atoms with Crippen molar-refractivity contribution in [3.05, 3.63) is 60.2 Å². The van der Waals surface area contributed by atoms with Gasteiger partial charge in [-0.2, -0.15) is 13.2 Å². The van der Waals surface area contributed by atoms with Crippen molar-refractivity contribution >= 4 is 21.4 Å². The summed E-state index contributed by atoms with van der Waals surface area (Å²) in [4.78, 5) is 16.6. The lowest BCUT2D eigenvalue weighted by Crippen LogP contribution is -2.57. The van der Waals surface area contributed by atoms with Crippen molar-refractivity contribution in [2.24, 2.45) is 11.8 Å². The summed E-state index contributed by atoms with van der Waals surface area (Å²) in [5.41, 5.74) is -3.13. The van der Waals surface area contributed by atoms with Gasteiger partial charge in [0, 0.05) is 43.7 Å².